The Morgan fingerprint density at radius 2 is 1.81 bits per heavy atom. The third kappa shape index (κ3) is 6.09. The Morgan fingerprint density at radius 3 is 2.46 bits per heavy atom. The van der Waals surface area contributed by atoms with Gasteiger partial charge in [0.2, 0.25) is 0 Å². The first-order chi connectivity index (χ1) is 12.7. The summed E-state index contributed by atoms with van der Waals surface area (Å²) in [5.41, 5.74) is 1.11. The Morgan fingerprint density at radius 1 is 1.08 bits per heavy atom. The van der Waals surface area contributed by atoms with Gasteiger partial charge in [-0.15, -0.1) is 0 Å². The number of carbonyl (C=O) groups is 1. The molecule has 146 valence electrons. The van der Waals surface area contributed by atoms with E-state index in [0.717, 1.165) is 56.2 Å². The van der Waals surface area contributed by atoms with Crippen molar-refractivity contribution in [3.63, 3.8) is 0 Å². The van der Waals surface area contributed by atoms with Crippen LogP contribution in [0.4, 0.5) is 4.79 Å². The van der Waals surface area contributed by atoms with Crippen LogP contribution >= 0.6 is 0 Å². The number of amides is 2. The standard InChI is InChI=1S/C20H33N3O3/c1-4-5-6-11-22-12-14-23(15-13-22)20(24)21-10-9-17-7-8-18(25-2)19(16-17)26-3/h7-8,16H,4-6,9-15H2,1-3H3,(H,21,24). The van der Waals surface area contributed by atoms with Crippen molar-refractivity contribution in [3.8, 4) is 11.5 Å². The highest BCUT2D eigenvalue weighted by atomic mass is 16.5. The number of nitrogens with zero attached hydrogens (tertiary/aromatic N) is 2. The van der Waals surface area contributed by atoms with Gasteiger partial charge in [0.15, 0.2) is 11.5 Å². The first-order valence-corrected chi connectivity index (χ1v) is 9.64. The van der Waals surface area contributed by atoms with Crippen LogP contribution in [-0.2, 0) is 6.42 Å². The molecule has 2 amide bonds. The molecule has 0 bridgehead atoms. The molecule has 1 aromatic rings. The van der Waals surface area contributed by atoms with Crippen molar-refractivity contribution in [2.75, 3.05) is 53.5 Å². The molecule has 0 atom stereocenters. The molecule has 0 unspecified atom stereocenters. The minimum absolute atomic E-state index is 0.0404. The summed E-state index contributed by atoms with van der Waals surface area (Å²) in [5, 5.41) is 3.03. The summed E-state index contributed by atoms with van der Waals surface area (Å²) in [4.78, 5) is 16.7. The molecule has 6 heteroatoms. The van der Waals surface area contributed by atoms with Crippen LogP contribution in [0.3, 0.4) is 0 Å². The fourth-order valence-electron chi connectivity index (χ4n) is 3.22. The Balaban J connectivity index is 1.69. The second kappa shape index (κ2) is 10.9. The first kappa shape index (κ1) is 20.4. The third-order valence-corrected chi connectivity index (χ3v) is 4.88. The van der Waals surface area contributed by atoms with E-state index in [-0.39, 0.29) is 6.03 Å². The highest BCUT2D eigenvalue weighted by molar-refractivity contribution is 5.74. The zero-order valence-electron chi connectivity index (χ0n) is 16.4. The van der Waals surface area contributed by atoms with Crippen LogP contribution in [0.5, 0.6) is 11.5 Å². The van der Waals surface area contributed by atoms with Gasteiger partial charge in [-0.05, 0) is 37.1 Å². The summed E-state index contributed by atoms with van der Waals surface area (Å²) in [6.07, 6.45) is 4.57. The van der Waals surface area contributed by atoms with Gasteiger partial charge in [0.25, 0.3) is 0 Å². The van der Waals surface area contributed by atoms with Crippen molar-refractivity contribution >= 4 is 6.03 Å². The first-order valence-electron chi connectivity index (χ1n) is 9.64. The number of hydrogen-bond acceptors (Lipinski definition) is 4. The number of methoxy groups -OCH3 is 2. The second-order valence-corrected chi connectivity index (χ2v) is 6.71. The number of benzene rings is 1. The number of rotatable bonds is 9. The van der Waals surface area contributed by atoms with Crippen molar-refractivity contribution in [1.82, 2.24) is 15.1 Å². The molecule has 6 nitrogen and oxygen atoms in total. The molecule has 0 radical (unpaired) electrons. The van der Waals surface area contributed by atoms with E-state index < -0.39 is 0 Å². The van der Waals surface area contributed by atoms with Gasteiger partial charge >= 0.3 is 6.03 Å². The van der Waals surface area contributed by atoms with E-state index in [9.17, 15) is 4.79 Å². The summed E-state index contributed by atoms with van der Waals surface area (Å²) in [5.74, 6) is 1.44. The molecular weight excluding hydrogens is 330 g/mol. The molecule has 1 aliphatic heterocycles. The Bertz CT molecular complexity index is 557. The maximum atomic E-state index is 12.3. The molecule has 1 aliphatic rings. The van der Waals surface area contributed by atoms with Gasteiger partial charge in [0.1, 0.15) is 0 Å². The normalized spacial score (nSPS) is 15.0. The Labute approximate surface area is 157 Å². The Hall–Kier alpha value is -1.95. The van der Waals surface area contributed by atoms with Gasteiger partial charge in [0.05, 0.1) is 14.2 Å². The SMILES string of the molecule is CCCCCN1CCN(C(=O)NCCc2ccc(OC)c(OC)c2)CC1. The number of nitrogens with one attached hydrogen (secondary N) is 1. The lowest BCUT2D eigenvalue weighted by molar-refractivity contribution is 0.138. The molecule has 0 spiro atoms. The molecule has 1 heterocycles. The predicted molar refractivity (Wildman–Crippen MR) is 104 cm³/mol. The van der Waals surface area contributed by atoms with Crippen LogP contribution in [0.1, 0.15) is 31.7 Å². The van der Waals surface area contributed by atoms with E-state index in [1.807, 2.05) is 23.1 Å². The van der Waals surface area contributed by atoms with Crippen LogP contribution < -0.4 is 14.8 Å². The van der Waals surface area contributed by atoms with Crippen molar-refractivity contribution in [2.45, 2.75) is 32.6 Å². The van der Waals surface area contributed by atoms with Crippen LogP contribution in [0.25, 0.3) is 0 Å². The maximum absolute atomic E-state index is 12.3. The lowest BCUT2D eigenvalue weighted by Gasteiger charge is -2.34. The van der Waals surface area contributed by atoms with Gasteiger partial charge in [-0.2, -0.15) is 0 Å². The van der Waals surface area contributed by atoms with Gasteiger partial charge in [-0.1, -0.05) is 25.8 Å². The smallest absolute Gasteiger partial charge is 0.317 e. The minimum Gasteiger partial charge on any atom is -0.493 e. The van der Waals surface area contributed by atoms with Crippen LogP contribution in [0.15, 0.2) is 18.2 Å². The van der Waals surface area contributed by atoms with Crippen LogP contribution in [0, 0.1) is 0 Å². The fourth-order valence-corrected chi connectivity index (χ4v) is 3.22. The summed E-state index contributed by atoms with van der Waals surface area (Å²) in [6, 6.07) is 5.90. The van der Waals surface area contributed by atoms with E-state index in [2.05, 4.69) is 17.1 Å². The van der Waals surface area contributed by atoms with E-state index in [4.69, 9.17) is 9.47 Å². The topological polar surface area (TPSA) is 54.0 Å². The van der Waals surface area contributed by atoms with Crippen molar-refractivity contribution in [2.24, 2.45) is 0 Å². The maximum Gasteiger partial charge on any atom is 0.317 e. The van der Waals surface area contributed by atoms with Gasteiger partial charge < -0.3 is 19.7 Å². The third-order valence-electron chi connectivity index (χ3n) is 4.88. The average molecular weight is 364 g/mol. The molecule has 0 aliphatic carbocycles. The van der Waals surface area contributed by atoms with Crippen molar-refractivity contribution < 1.29 is 14.3 Å². The second-order valence-electron chi connectivity index (χ2n) is 6.71. The van der Waals surface area contributed by atoms with Crippen molar-refractivity contribution in [1.29, 1.82) is 0 Å². The van der Waals surface area contributed by atoms with E-state index in [0.29, 0.717) is 6.54 Å². The number of unbranched alkanes of at least 4 members (excludes halogenated alkanes) is 2. The molecule has 0 aromatic heterocycles. The van der Waals surface area contributed by atoms with Crippen LogP contribution in [0.2, 0.25) is 0 Å². The number of urea groups is 1. The van der Waals surface area contributed by atoms with Gasteiger partial charge in [-0.3, -0.25) is 4.90 Å². The van der Waals surface area contributed by atoms with Crippen LogP contribution in [-0.4, -0.2) is 69.3 Å². The van der Waals surface area contributed by atoms with E-state index in [1.165, 1.54) is 19.3 Å². The molecule has 0 saturated carbocycles. The van der Waals surface area contributed by atoms with E-state index in [1.54, 1.807) is 14.2 Å². The summed E-state index contributed by atoms with van der Waals surface area (Å²) >= 11 is 0. The monoisotopic (exact) mass is 363 g/mol. The molecule has 1 saturated heterocycles. The molecule has 2 rings (SSSR count). The minimum atomic E-state index is 0.0404. The number of hydrogen-bond donors (Lipinski definition) is 1. The lowest BCUT2D eigenvalue weighted by Crippen LogP contribution is -2.52. The number of ether oxygens (including phenoxy) is 2. The fraction of sp³-hybridized carbons (Fsp3) is 0.650. The number of piperazine rings is 1. The average Bonchev–Trinajstić information content (AvgIpc) is 2.68. The highest BCUT2D eigenvalue weighted by Gasteiger charge is 2.20. The van der Waals surface area contributed by atoms with Gasteiger partial charge in [0, 0.05) is 32.7 Å². The molecular formula is C20H33N3O3. The quantitative estimate of drug-likeness (QED) is 0.686. The van der Waals surface area contributed by atoms with E-state index >= 15 is 0 Å². The largest absolute Gasteiger partial charge is 0.493 e. The summed E-state index contributed by atoms with van der Waals surface area (Å²) in [7, 11) is 3.26. The molecule has 1 aromatic carbocycles. The zero-order valence-corrected chi connectivity index (χ0v) is 16.4. The molecule has 26 heavy (non-hydrogen) atoms. The Kier molecular flexibility index (Phi) is 8.54. The number of carbonyl (C=O) groups excluding carboxylic acids is 1. The van der Waals surface area contributed by atoms with Gasteiger partial charge in [-0.25, -0.2) is 4.79 Å². The zero-order chi connectivity index (χ0) is 18.8. The lowest BCUT2D eigenvalue weighted by atomic mass is 10.1. The molecule has 1 N–H and O–H groups in total. The summed E-state index contributed by atoms with van der Waals surface area (Å²) in [6.45, 7) is 7.58. The summed E-state index contributed by atoms with van der Waals surface area (Å²) < 4.78 is 10.6. The highest BCUT2D eigenvalue weighted by Crippen LogP contribution is 2.27. The predicted octanol–water partition coefficient (Wildman–Crippen LogP) is 2.76. The molecule has 1 fully saturated rings. The van der Waals surface area contributed by atoms with Crippen molar-refractivity contribution in [3.05, 3.63) is 23.8 Å².